The molecule has 5 N–H and O–H groups in total. The summed E-state index contributed by atoms with van der Waals surface area (Å²) >= 11 is 6.20. The lowest BCUT2D eigenvalue weighted by atomic mass is 9.95. The van der Waals surface area contributed by atoms with E-state index in [4.69, 9.17) is 17.3 Å². The molecule has 2 aromatic rings. The van der Waals surface area contributed by atoms with E-state index in [0.717, 1.165) is 25.7 Å². The first kappa shape index (κ1) is 21.6. The lowest BCUT2D eigenvalue weighted by molar-refractivity contribution is -0.114. The molecular formula is C22H25ClN4O3. The number of para-hydroxylation sites is 1. The third kappa shape index (κ3) is 5.73. The van der Waals surface area contributed by atoms with Gasteiger partial charge in [0.05, 0.1) is 22.7 Å². The fourth-order valence-corrected chi connectivity index (χ4v) is 3.72. The molecule has 30 heavy (non-hydrogen) atoms. The van der Waals surface area contributed by atoms with Crippen molar-refractivity contribution in [2.24, 2.45) is 5.73 Å². The lowest BCUT2D eigenvalue weighted by Gasteiger charge is -2.23. The average molecular weight is 429 g/mol. The van der Waals surface area contributed by atoms with Crippen LogP contribution in [0.1, 0.15) is 52.8 Å². The van der Waals surface area contributed by atoms with E-state index in [1.54, 1.807) is 42.5 Å². The molecule has 0 bridgehead atoms. The van der Waals surface area contributed by atoms with Crippen LogP contribution in [0.25, 0.3) is 0 Å². The molecule has 8 heteroatoms. The number of amides is 3. The Balaban J connectivity index is 1.61. The number of benzene rings is 2. The quantitative estimate of drug-likeness (QED) is 0.540. The molecule has 1 aliphatic rings. The van der Waals surface area contributed by atoms with Gasteiger partial charge in [-0.1, -0.05) is 43.0 Å². The van der Waals surface area contributed by atoms with Crippen LogP contribution >= 0.6 is 11.6 Å². The molecule has 0 spiro atoms. The zero-order valence-corrected chi connectivity index (χ0v) is 17.3. The molecule has 1 saturated carbocycles. The highest BCUT2D eigenvalue weighted by molar-refractivity contribution is 6.34. The number of nitrogens with one attached hydrogen (secondary N) is 3. The minimum absolute atomic E-state index is 0.0729. The second kappa shape index (κ2) is 10.1. The minimum atomic E-state index is -0.579. The van der Waals surface area contributed by atoms with E-state index in [0.29, 0.717) is 27.5 Å². The van der Waals surface area contributed by atoms with E-state index in [1.807, 2.05) is 0 Å². The predicted octanol–water partition coefficient (Wildman–Crippen LogP) is 3.55. The van der Waals surface area contributed by atoms with Crippen LogP contribution < -0.4 is 21.7 Å². The van der Waals surface area contributed by atoms with Gasteiger partial charge in [0.1, 0.15) is 0 Å². The number of carbonyl (C=O) groups excluding carboxylic acids is 3. The monoisotopic (exact) mass is 428 g/mol. The van der Waals surface area contributed by atoms with Crippen molar-refractivity contribution in [2.45, 2.75) is 38.1 Å². The number of halogens is 1. The molecule has 0 atom stereocenters. The molecule has 1 aliphatic carbocycles. The SMILES string of the molecule is NC(=O)c1ccccc1NCC(=O)Nc1ccc(Cl)c(C(=O)NC2CCCCC2)c1. The largest absolute Gasteiger partial charge is 0.376 e. The molecule has 0 saturated heterocycles. The van der Waals surface area contributed by atoms with Crippen molar-refractivity contribution in [3.05, 3.63) is 58.6 Å². The van der Waals surface area contributed by atoms with Gasteiger partial charge < -0.3 is 21.7 Å². The second-order valence-corrected chi connectivity index (χ2v) is 7.72. The topological polar surface area (TPSA) is 113 Å². The third-order valence-corrected chi connectivity index (χ3v) is 5.40. The molecule has 0 aromatic heterocycles. The van der Waals surface area contributed by atoms with E-state index < -0.39 is 5.91 Å². The van der Waals surface area contributed by atoms with Crippen molar-refractivity contribution in [1.82, 2.24) is 5.32 Å². The first-order valence-electron chi connectivity index (χ1n) is 9.97. The molecule has 0 radical (unpaired) electrons. The third-order valence-electron chi connectivity index (χ3n) is 5.07. The molecule has 1 fully saturated rings. The number of rotatable bonds is 7. The van der Waals surface area contributed by atoms with Gasteiger partial charge in [-0.25, -0.2) is 0 Å². The maximum atomic E-state index is 12.6. The Morgan fingerprint density at radius 3 is 2.47 bits per heavy atom. The minimum Gasteiger partial charge on any atom is -0.376 e. The van der Waals surface area contributed by atoms with Crippen molar-refractivity contribution in [2.75, 3.05) is 17.2 Å². The van der Waals surface area contributed by atoms with Crippen molar-refractivity contribution >= 4 is 40.7 Å². The molecule has 0 aliphatic heterocycles. The highest BCUT2D eigenvalue weighted by Crippen LogP contribution is 2.23. The number of anilines is 2. The summed E-state index contributed by atoms with van der Waals surface area (Å²) in [5.74, 6) is -1.16. The summed E-state index contributed by atoms with van der Waals surface area (Å²) in [5.41, 5.74) is 6.91. The summed E-state index contributed by atoms with van der Waals surface area (Å²) in [7, 11) is 0. The van der Waals surface area contributed by atoms with Crippen molar-refractivity contribution < 1.29 is 14.4 Å². The molecule has 158 valence electrons. The predicted molar refractivity (Wildman–Crippen MR) is 118 cm³/mol. The van der Waals surface area contributed by atoms with Gasteiger partial charge in [-0.2, -0.15) is 0 Å². The summed E-state index contributed by atoms with van der Waals surface area (Å²) < 4.78 is 0. The summed E-state index contributed by atoms with van der Waals surface area (Å²) in [6, 6.07) is 11.6. The standard InChI is InChI=1S/C22H25ClN4O3/c23-18-11-10-15(12-17(18)22(30)27-14-6-2-1-3-7-14)26-20(28)13-25-19-9-5-4-8-16(19)21(24)29/h4-5,8-12,14,25H,1-3,6-7,13H2,(H2,24,29)(H,26,28)(H,27,30). The first-order valence-corrected chi connectivity index (χ1v) is 10.3. The Labute approximate surface area is 180 Å². The zero-order chi connectivity index (χ0) is 21.5. The number of nitrogens with two attached hydrogens (primary N) is 1. The van der Waals surface area contributed by atoms with Gasteiger partial charge in [-0.3, -0.25) is 14.4 Å². The van der Waals surface area contributed by atoms with Crippen LogP contribution in [0.15, 0.2) is 42.5 Å². The van der Waals surface area contributed by atoms with Gasteiger partial charge in [0.15, 0.2) is 0 Å². The van der Waals surface area contributed by atoms with Gasteiger partial charge in [0, 0.05) is 17.4 Å². The highest BCUT2D eigenvalue weighted by atomic mass is 35.5. The molecule has 7 nitrogen and oxygen atoms in total. The van der Waals surface area contributed by atoms with Crippen LogP contribution in [-0.2, 0) is 4.79 Å². The van der Waals surface area contributed by atoms with Gasteiger partial charge in [0.2, 0.25) is 5.91 Å². The maximum absolute atomic E-state index is 12.6. The number of primary amides is 1. The average Bonchev–Trinajstić information content (AvgIpc) is 2.74. The van der Waals surface area contributed by atoms with E-state index >= 15 is 0 Å². The molecule has 0 unspecified atom stereocenters. The Kier molecular flexibility index (Phi) is 7.30. The summed E-state index contributed by atoms with van der Waals surface area (Å²) in [6.07, 6.45) is 5.37. The second-order valence-electron chi connectivity index (χ2n) is 7.31. The van der Waals surface area contributed by atoms with Crippen LogP contribution in [-0.4, -0.2) is 30.3 Å². The molecule has 0 heterocycles. The van der Waals surface area contributed by atoms with Crippen molar-refractivity contribution in [1.29, 1.82) is 0 Å². The Morgan fingerprint density at radius 1 is 1.00 bits per heavy atom. The van der Waals surface area contributed by atoms with Crippen LogP contribution in [0.5, 0.6) is 0 Å². The highest BCUT2D eigenvalue weighted by Gasteiger charge is 2.19. The molecule has 3 rings (SSSR count). The van der Waals surface area contributed by atoms with E-state index in [1.165, 1.54) is 6.42 Å². The van der Waals surface area contributed by atoms with E-state index in [9.17, 15) is 14.4 Å². The fourth-order valence-electron chi connectivity index (χ4n) is 3.52. The van der Waals surface area contributed by atoms with Gasteiger partial charge in [0.25, 0.3) is 11.8 Å². The van der Waals surface area contributed by atoms with Gasteiger partial charge in [-0.05, 0) is 43.2 Å². The van der Waals surface area contributed by atoms with E-state index in [-0.39, 0.29) is 24.4 Å². The van der Waals surface area contributed by atoms with Crippen LogP contribution in [0.2, 0.25) is 5.02 Å². The molecule has 2 aromatic carbocycles. The van der Waals surface area contributed by atoms with E-state index in [2.05, 4.69) is 16.0 Å². The van der Waals surface area contributed by atoms with Gasteiger partial charge in [-0.15, -0.1) is 0 Å². The Bertz CT molecular complexity index is 942. The number of carbonyl (C=O) groups is 3. The van der Waals surface area contributed by atoms with Crippen LogP contribution in [0.4, 0.5) is 11.4 Å². The smallest absolute Gasteiger partial charge is 0.253 e. The summed E-state index contributed by atoms with van der Waals surface area (Å²) in [6.45, 7) is -0.0729. The molecular weight excluding hydrogens is 404 g/mol. The van der Waals surface area contributed by atoms with Crippen LogP contribution in [0.3, 0.4) is 0 Å². The molecule has 3 amide bonds. The van der Waals surface area contributed by atoms with Gasteiger partial charge >= 0.3 is 0 Å². The number of hydrogen-bond donors (Lipinski definition) is 4. The summed E-state index contributed by atoms with van der Waals surface area (Å²) in [4.78, 5) is 36.4. The maximum Gasteiger partial charge on any atom is 0.253 e. The fraction of sp³-hybridized carbons (Fsp3) is 0.318. The Morgan fingerprint density at radius 2 is 1.73 bits per heavy atom. The zero-order valence-electron chi connectivity index (χ0n) is 16.5. The van der Waals surface area contributed by atoms with Crippen LogP contribution in [0, 0.1) is 0 Å². The Hall–Kier alpha value is -3.06. The normalized spacial score (nSPS) is 14.0. The lowest BCUT2D eigenvalue weighted by Crippen LogP contribution is -2.36. The van der Waals surface area contributed by atoms with Crippen molar-refractivity contribution in [3.63, 3.8) is 0 Å². The van der Waals surface area contributed by atoms with Crippen molar-refractivity contribution in [3.8, 4) is 0 Å². The summed E-state index contributed by atoms with van der Waals surface area (Å²) in [5, 5.41) is 8.99. The first-order chi connectivity index (χ1) is 14.4. The number of hydrogen-bond acceptors (Lipinski definition) is 4.